The molecule has 28 heavy (non-hydrogen) atoms. The first-order valence-electron chi connectivity index (χ1n) is 9.26. The molecular weight excluding hydrogens is 354 g/mol. The monoisotopic (exact) mass is 373 g/mol. The van der Waals surface area contributed by atoms with Crippen LogP contribution in [0, 0.1) is 11.3 Å². The first-order chi connectivity index (χ1) is 13.6. The second kappa shape index (κ2) is 7.20. The number of amides is 1. The second-order valence-electron chi connectivity index (χ2n) is 7.07. The Kier molecular flexibility index (Phi) is 4.58. The van der Waals surface area contributed by atoms with Crippen molar-refractivity contribution in [3.63, 3.8) is 0 Å². The quantitative estimate of drug-likeness (QED) is 0.700. The summed E-state index contributed by atoms with van der Waals surface area (Å²) in [4.78, 5) is 24.1. The van der Waals surface area contributed by atoms with Crippen molar-refractivity contribution >= 4 is 28.5 Å². The lowest BCUT2D eigenvalue weighted by Crippen LogP contribution is -2.12. The number of hydrogen-bond acceptors (Lipinski definition) is 3. The molecule has 0 bridgehead atoms. The van der Waals surface area contributed by atoms with Gasteiger partial charge < -0.3 is 15.0 Å². The Hall–Kier alpha value is -3.59. The Labute approximate surface area is 162 Å². The van der Waals surface area contributed by atoms with Crippen molar-refractivity contribution in [2.75, 3.05) is 5.32 Å². The molecule has 4 rings (SSSR count). The molecule has 0 unspecified atom stereocenters. The van der Waals surface area contributed by atoms with Crippen molar-refractivity contribution in [3.05, 3.63) is 65.4 Å². The standard InChI is InChI=1S/C22H19N3O3/c23-12-14-8-9-18-19(13-25(20(18)10-14)17-6-1-2-7-17)21(26)24-16-5-3-4-15(11-16)22(27)28/h3-5,8-11,13,17H,1-2,6-7H2,(H,24,26)(H,27,28). The van der Waals surface area contributed by atoms with Crippen molar-refractivity contribution in [1.82, 2.24) is 4.57 Å². The topological polar surface area (TPSA) is 95.1 Å². The van der Waals surface area contributed by atoms with E-state index in [2.05, 4.69) is 16.0 Å². The van der Waals surface area contributed by atoms with Gasteiger partial charge in [0.1, 0.15) is 0 Å². The van der Waals surface area contributed by atoms with Crippen LogP contribution in [0.4, 0.5) is 5.69 Å². The first-order valence-corrected chi connectivity index (χ1v) is 9.26. The van der Waals surface area contributed by atoms with Crippen LogP contribution in [0.2, 0.25) is 0 Å². The Balaban J connectivity index is 1.73. The van der Waals surface area contributed by atoms with Gasteiger partial charge in [-0.3, -0.25) is 4.79 Å². The molecule has 1 fully saturated rings. The lowest BCUT2D eigenvalue weighted by atomic mass is 10.1. The van der Waals surface area contributed by atoms with E-state index in [9.17, 15) is 14.9 Å². The molecule has 1 amide bonds. The van der Waals surface area contributed by atoms with Crippen LogP contribution < -0.4 is 5.32 Å². The number of carboxylic acids is 1. The van der Waals surface area contributed by atoms with Crippen LogP contribution in [0.3, 0.4) is 0 Å². The number of nitrogens with one attached hydrogen (secondary N) is 1. The van der Waals surface area contributed by atoms with Gasteiger partial charge in [-0.05, 0) is 43.2 Å². The number of nitrogens with zero attached hydrogens (tertiary/aromatic N) is 2. The van der Waals surface area contributed by atoms with E-state index in [0.717, 1.165) is 36.6 Å². The number of fused-ring (bicyclic) bond motifs is 1. The van der Waals surface area contributed by atoms with E-state index in [4.69, 9.17) is 5.11 Å². The smallest absolute Gasteiger partial charge is 0.335 e. The highest BCUT2D eigenvalue weighted by Crippen LogP contribution is 2.35. The summed E-state index contributed by atoms with van der Waals surface area (Å²) in [7, 11) is 0. The molecule has 6 heteroatoms. The van der Waals surface area contributed by atoms with Crippen molar-refractivity contribution < 1.29 is 14.7 Å². The number of carbonyl (C=O) groups is 2. The van der Waals surface area contributed by atoms with Gasteiger partial charge in [0, 0.05) is 23.3 Å². The van der Waals surface area contributed by atoms with Crippen LogP contribution in [-0.4, -0.2) is 21.6 Å². The molecule has 140 valence electrons. The second-order valence-corrected chi connectivity index (χ2v) is 7.07. The third kappa shape index (κ3) is 3.23. The van der Waals surface area contributed by atoms with Crippen LogP contribution in [-0.2, 0) is 0 Å². The van der Waals surface area contributed by atoms with E-state index in [-0.39, 0.29) is 11.5 Å². The van der Waals surface area contributed by atoms with Gasteiger partial charge in [-0.15, -0.1) is 0 Å². The molecule has 0 aliphatic heterocycles. The van der Waals surface area contributed by atoms with Crippen LogP contribution in [0.15, 0.2) is 48.7 Å². The summed E-state index contributed by atoms with van der Waals surface area (Å²) in [6.45, 7) is 0. The van der Waals surface area contributed by atoms with Crippen LogP contribution in [0.1, 0.15) is 58.0 Å². The number of carbonyl (C=O) groups excluding carboxylic acids is 1. The zero-order valence-corrected chi connectivity index (χ0v) is 15.2. The van der Waals surface area contributed by atoms with Gasteiger partial charge in [0.15, 0.2) is 0 Å². The number of nitriles is 1. The molecule has 3 aromatic rings. The maximum Gasteiger partial charge on any atom is 0.335 e. The Bertz CT molecular complexity index is 1120. The molecule has 1 heterocycles. The van der Waals surface area contributed by atoms with E-state index in [1.165, 1.54) is 12.1 Å². The fourth-order valence-corrected chi connectivity index (χ4v) is 3.91. The SMILES string of the molecule is N#Cc1ccc2c(C(=O)Nc3cccc(C(=O)O)c3)cn(C3CCCC3)c2c1. The van der Waals surface area contributed by atoms with E-state index < -0.39 is 5.97 Å². The molecule has 1 aliphatic carbocycles. The van der Waals surface area contributed by atoms with Crippen LogP contribution >= 0.6 is 0 Å². The average molecular weight is 373 g/mol. The minimum absolute atomic E-state index is 0.116. The maximum absolute atomic E-state index is 13.0. The number of aromatic nitrogens is 1. The maximum atomic E-state index is 13.0. The van der Waals surface area contributed by atoms with Gasteiger partial charge in [-0.1, -0.05) is 25.0 Å². The Morgan fingerprint density at radius 1 is 1.14 bits per heavy atom. The minimum atomic E-state index is -1.04. The van der Waals surface area contributed by atoms with Crippen molar-refractivity contribution in [3.8, 4) is 6.07 Å². The lowest BCUT2D eigenvalue weighted by molar-refractivity contribution is 0.0696. The molecule has 0 spiro atoms. The van der Waals surface area contributed by atoms with E-state index in [1.807, 2.05) is 18.3 Å². The van der Waals surface area contributed by atoms with Crippen molar-refractivity contribution in [2.45, 2.75) is 31.7 Å². The predicted octanol–water partition coefficient (Wildman–Crippen LogP) is 4.58. The molecule has 1 aromatic heterocycles. The molecule has 0 atom stereocenters. The number of anilines is 1. The number of hydrogen-bond donors (Lipinski definition) is 2. The summed E-state index contributed by atoms with van der Waals surface area (Å²) in [6.07, 6.45) is 6.29. The average Bonchev–Trinajstić information content (AvgIpc) is 3.35. The number of aromatic carboxylic acids is 1. The van der Waals surface area contributed by atoms with Gasteiger partial charge in [-0.25, -0.2) is 4.79 Å². The molecule has 0 radical (unpaired) electrons. The van der Waals surface area contributed by atoms with Crippen molar-refractivity contribution in [2.24, 2.45) is 0 Å². The Morgan fingerprint density at radius 3 is 2.64 bits per heavy atom. The highest BCUT2D eigenvalue weighted by Gasteiger charge is 2.23. The summed E-state index contributed by atoms with van der Waals surface area (Å²) < 4.78 is 2.12. The van der Waals surface area contributed by atoms with E-state index >= 15 is 0 Å². The fourth-order valence-electron chi connectivity index (χ4n) is 3.91. The highest BCUT2D eigenvalue weighted by molar-refractivity contribution is 6.13. The summed E-state index contributed by atoms with van der Waals surface area (Å²) in [6, 6.07) is 14.0. The zero-order valence-electron chi connectivity index (χ0n) is 15.2. The zero-order chi connectivity index (χ0) is 19.7. The molecule has 1 aliphatic rings. The number of carboxylic acid groups (broad SMARTS) is 1. The van der Waals surface area contributed by atoms with E-state index in [1.54, 1.807) is 18.2 Å². The normalized spacial score (nSPS) is 14.1. The van der Waals surface area contributed by atoms with Crippen molar-refractivity contribution in [1.29, 1.82) is 5.26 Å². The minimum Gasteiger partial charge on any atom is -0.478 e. The molecular formula is C22H19N3O3. The lowest BCUT2D eigenvalue weighted by Gasteiger charge is -2.13. The summed E-state index contributed by atoms with van der Waals surface area (Å²) >= 11 is 0. The third-order valence-corrected chi connectivity index (χ3v) is 5.29. The van der Waals surface area contributed by atoms with Crippen LogP contribution in [0.5, 0.6) is 0 Å². The molecule has 2 aromatic carbocycles. The van der Waals surface area contributed by atoms with Gasteiger partial charge in [0.05, 0.1) is 28.3 Å². The summed E-state index contributed by atoms with van der Waals surface area (Å²) in [5.41, 5.74) is 2.51. The summed E-state index contributed by atoms with van der Waals surface area (Å²) in [5.74, 6) is -1.34. The van der Waals surface area contributed by atoms with Crippen LogP contribution in [0.25, 0.3) is 10.9 Å². The molecule has 6 nitrogen and oxygen atoms in total. The highest BCUT2D eigenvalue weighted by atomic mass is 16.4. The number of benzene rings is 2. The fraction of sp³-hybridized carbons (Fsp3) is 0.227. The van der Waals surface area contributed by atoms with Gasteiger partial charge in [0.25, 0.3) is 5.91 Å². The molecule has 1 saturated carbocycles. The van der Waals surface area contributed by atoms with Gasteiger partial charge in [-0.2, -0.15) is 5.26 Å². The Morgan fingerprint density at radius 2 is 1.93 bits per heavy atom. The third-order valence-electron chi connectivity index (χ3n) is 5.29. The van der Waals surface area contributed by atoms with Gasteiger partial charge in [0.2, 0.25) is 0 Å². The first kappa shape index (κ1) is 17.8. The summed E-state index contributed by atoms with van der Waals surface area (Å²) in [5, 5.41) is 22.0. The predicted molar refractivity (Wildman–Crippen MR) is 106 cm³/mol. The molecule has 0 saturated heterocycles. The van der Waals surface area contributed by atoms with E-state index in [0.29, 0.717) is 22.9 Å². The van der Waals surface area contributed by atoms with Gasteiger partial charge >= 0.3 is 5.97 Å². The largest absolute Gasteiger partial charge is 0.478 e. The number of rotatable bonds is 4. The molecule has 2 N–H and O–H groups in total.